The number of likely N-dealkylation sites (tertiary alicyclic amines) is 1. The molecule has 2 aromatic carbocycles. The van der Waals surface area contributed by atoms with Crippen molar-refractivity contribution in [3.05, 3.63) is 81.5 Å². The van der Waals surface area contributed by atoms with Crippen LogP contribution in [0, 0.1) is 11.3 Å². The molecule has 15 heteroatoms. The van der Waals surface area contributed by atoms with E-state index in [1.54, 1.807) is 6.07 Å². The summed E-state index contributed by atoms with van der Waals surface area (Å²) in [6, 6.07) is 16.4. The summed E-state index contributed by atoms with van der Waals surface area (Å²) in [7, 11) is -4.32. The van der Waals surface area contributed by atoms with Crippen molar-refractivity contribution in [3.63, 3.8) is 0 Å². The monoisotopic (exact) mass is 890 g/mol. The maximum atomic E-state index is 14.0. The smallest absolute Gasteiger partial charge is 0.268 e. The number of ether oxygens (including phenoxy) is 1. The summed E-state index contributed by atoms with van der Waals surface area (Å²) < 4.78 is 36.5. The van der Waals surface area contributed by atoms with Crippen molar-refractivity contribution in [2.45, 2.75) is 107 Å². The second-order valence-electron chi connectivity index (χ2n) is 18.9. The van der Waals surface area contributed by atoms with E-state index in [0.29, 0.717) is 11.6 Å². The molecule has 0 radical (unpaired) electrons. The normalized spacial score (nSPS) is 25.3. The Labute approximate surface area is 371 Å². The summed E-state index contributed by atoms with van der Waals surface area (Å²) in [5, 5.41) is 4.36. The number of pyridine rings is 1. The molecule has 3 aliphatic carbocycles. The topological polar surface area (TPSA) is 131 Å². The molecule has 3 saturated heterocycles. The highest BCUT2D eigenvalue weighted by atomic mass is 35.5. The molecule has 0 bridgehead atoms. The first-order valence-electron chi connectivity index (χ1n) is 22.3. The minimum atomic E-state index is -4.32. The molecule has 5 fully saturated rings. The van der Waals surface area contributed by atoms with Crippen molar-refractivity contribution in [1.29, 1.82) is 0 Å². The maximum absolute atomic E-state index is 14.0. The summed E-state index contributed by atoms with van der Waals surface area (Å²) in [6.07, 6.45) is 11.9. The van der Waals surface area contributed by atoms with E-state index >= 15 is 0 Å². The number of aromatic nitrogens is 1. The molecule has 4 N–H and O–H groups in total. The van der Waals surface area contributed by atoms with Gasteiger partial charge in [-0.15, -0.1) is 0 Å². The Morgan fingerprint density at radius 1 is 0.951 bits per heavy atom. The maximum Gasteiger partial charge on any atom is 0.268 e. The van der Waals surface area contributed by atoms with Crippen LogP contribution in [0.1, 0.15) is 94.0 Å². The van der Waals surface area contributed by atoms with Gasteiger partial charge < -0.3 is 19.9 Å². The predicted molar refractivity (Wildman–Crippen MR) is 243 cm³/mol. The highest BCUT2D eigenvalue weighted by molar-refractivity contribution is 7.90. The van der Waals surface area contributed by atoms with Crippen LogP contribution in [0.2, 0.25) is 10.0 Å². The first-order chi connectivity index (χ1) is 29.4. The number of amides is 1. The van der Waals surface area contributed by atoms with Crippen LogP contribution < -0.4 is 30.5 Å². The zero-order valence-electron chi connectivity index (χ0n) is 35.4. The number of halogens is 2. The summed E-state index contributed by atoms with van der Waals surface area (Å²) >= 11 is 12.9. The summed E-state index contributed by atoms with van der Waals surface area (Å²) in [5.74, 6) is 0.297. The Hall–Kier alpha value is -3.43. The van der Waals surface area contributed by atoms with Gasteiger partial charge in [-0.25, -0.2) is 18.1 Å². The van der Waals surface area contributed by atoms with E-state index in [2.05, 4.69) is 66.6 Å². The standard InChI is InChI=1S/C46H60Cl2N8O4S/c1-46(2)17-14-31(38(26-46)30-6-8-32(47)9-7-30)29-54-20-22-56(23-21-54)35-12-13-37(43(24-35)60-42-5-3-4-41-39(42)28-50-52-41)45(57)53-61(58,59)36-25-40(48)44(49-27-36)51-33-15-18-55(19-16-33)34-10-11-34/h6-9,12-13,24-25,27,33-34,39,41-42,50,52H,3-5,10-11,14-23,26,28-29H2,1-2H3,(H,49,51)(H,53,57). The van der Waals surface area contributed by atoms with E-state index in [0.717, 1.165) is 114 Å². The number of rotatable bonds is 12. The fourth-order valence-electron chi connectivity index (χ4n) is 10.1. The van der Waals surface area contributed by atoms with E-state index < -0.39 is 15.9 Å². The number of piperidine rings is 1. The van der Waals surface area contributed by atoms with Crippen LogP contribution in [-0.2, 0) is 10.0 Å². The van der Waals surface area contributed by atoms with Crippen LogP contribution in [0.3, 0.4) is 0 Å². The van der Waals surface area contributed by atoms with Crippen LogP contribution in [0.5, 0.6) is 5.75 Å². The predicted octanol–water partition coefficient (Wildman–Crippen LogP) is 7.36. The Bertz CT molecular complexity index is 2220. The quantitative estimate of drug-likeness (QED) is 0.146. The first kappa shape index (κ1) is 42.9. The van der Waals surface area contributed by atoms with Gasteiger partial charge in [0.1, 0.15) is 22.6 Å². The highest BCUT2D eigenvalue weighted by Crippen LogP contribution is 2.44. The Morgan fingerprint density at radius 2 is 1.72 bits per heavy atom. The number of hydrazine groups is 1. The number of hydrogen-bond donors (Lipinski definition) is 4. The van der Waals surface area contributed by atoms with Crippen molar-refractivity contribution in [2.24, 2.45) is 11.3 Å². The summed E-state index contributed by atoms with van der Waals surface area (Å²) in [5.41, 5.74) is 12.3. The molecule has 1 aromatic heterocycles. The zero-order valence-corrected chi connectivity index (χ0v) is 37.7. The average molecular weight is 892 g/mol. The number of nitrogens with one attached hydrogen (secondary N) is 4. The molecule has 3 aliphatic heterocycles. The van der Waals surface area contributed by atoms with Gasteiger partial charge in [-0.3, -0.25) is 20.5 Å². The molecule has 328 valence electrons. The van der Waals surface area contributed by atoms with E-state index in [1.165, 1.54) is 48.2 Å². The molecule has 4 heterocycles. The molecule has 6 aliphatic rings. The molecule has 9 rings (SSSR count). The third kappa shape index (κ3) is 10.0. The number of piperazine rings is 1. The molecular weight excluding hydrogens is 832 g/mol. The number of allylic oxidation sites excluding steroid dienone is 1. The van der Waals surface area contributed by atoms with Crippen LogP contribution in [0.15, 0.2) is 65.2 Å². The van der Waals surface area contributed by atoms with Gasteiger partial charge >= 0.3 is 0 Å². The fourth-order valence-corrected chi connectivity index (χ4v) is 11.5. The molecule has 1 amide bonds. The number of nitrogens with zero attached hydrogens (tertiary/aromatic N) is 4. The van der Waals surface area contributed by atoms with Gasteiger partial charge in [0.2, 0.25) is 0 Å². The number of carbonyl (C=O) groups excluding carboxylic acids is 1. The first-order valence-corrected chi connectivity index (χ1v) is 24.6. The number of hydrogen-bond acceptors (Lipinski definition) is 11. The Kier molecular flexibility index (Phi) is 12.6. The van der Waals surface area contributed by atoms with Gasteiger partial charge in [0.15, 0.2) is 0 Å². The van der Waals surface area contributed by atoms with Crippen molar-refractivity contribution in [2.75, 3.05) is 62.6 Å². The van der Waals surface area contributed by atoms with Crippen LogP contribution >= 0.6 is 23.2 Å². The minimum Gasteiger partial charge on any atom is -0.489 e. The molecule has 0 spiro atoms. The van der Waals surface area contributed by atoms with Crippen molar-refractivity contribution < 1.29 is 17.9 Å². The van der Waals surface area contributed by atoms with E-state index in [-0.39, 0.29) is 45.0 Å². The van der Waals surface area contributed by atoms with Crippen LogP contribution in [0.4, 0.5) is 11.5 Å². The molecule has 3 aromatic rings. The lowest BCUT2D eigenvalue weighted by Gasteiger charge is -2.39. The number of sulfonamides is 1. The molecular formula is C46H60Cl2N8O4S. The van der Waals surface area contributed by atoms with Gasteiger partial charge in [-0.05, 0) is 111 Å². The van der Waals surface area contributed by atoms with Crippen molar-refractivity contribution in [1.82, 2.24) is 30.4 Å². The average Bonchev–Trinajstić information content (AvgIpc) is 3.98. The largest absolute Gasteiger partial charge is 0.489 e. The van der Waals surface area contributed by atoms with E-state index in [9.17, 15) is 13.2 Å². The third-order valence-corrected chi connectivity index (χ3v) is 15.8. The molecule has 2 saturated carbocycles. The Balaban J connectivity index is 0.892. The fraction of sp³-hybridized carbons (Fsp3) is 0.565. The van der Waals surface area contributed by atoms with Gasteiger partial charge in [-0.1, -0.05) is 54.8 Å². The number of benzene rings is 2. The van der Waals surface area contributed by atoms with Crippen LogP contribution in [0.25, 0.3) is 5.57 Å². The summed E-state index contributed by atoms with van der Waals surface area (Å²) in [6.45, 7) is 11.9. The molecule has 12 nitrogen and oxygen atoms in total. The second kappa shape index (κ2) is 18.0. The lowest BCUT2D eigenvalue weighted by Crippen LogP contribution is -2.47. The minimum absolute atomic E-state index is 0.135. The highest BCUT2D eigenvalue weighted by Gasteiger charge is 2.39. The van der Waals surface area contributed by atoms with Gasteiger partial charge in [0.25, 0.3) is 15.9 Å². The van der Waals surface area contributed by atoms with Gasteiger partial charge in [0.05, 0.1) is 10.6 Å². The summed E-state index contributed by atoms with van der Waals surface area (Å²) in [4.78, 5) is 25.7. The Morgan fingerprint density at radius 3 is 2.46 bits per heavy atom. The second-order valence-corrected chi connectivity index (χ2v) is 21.4. The number of carbonyl (C=O) groups is 1. The number of fused-ring (bicyclic) bond motifs is 1. The van der Waals surface area contributed by atoms with Crippen LogP contribution in [-0.4, -0.2) is 106 Å². The lowest BCUT2D eigenvalue weighted by atomic mass is 9.72. The SMILES string of the molecule is CC1(C)CCC(CN2CCN(c3ccc(C(=O)NS(=O)(=O)c4cnc(NC5CCN(C6CC6)CC5)c(Cl)c4)c(OC4CCCC5NNCC54)c3)CC2)=C(c2ccc(Cl)cc2)C1. The zero-order chi connectivity index (χ0) is 42.3. The number of anilines is 2. The molecule has 61 heavy (non-hydrogen) atoms. The third-order valence-electron chi connectivity index (χ3n) is 13.9. The van der Waals surface area contributed by atoms with Crippen molar-refractivity contribution in [3.8, 4) is 5.75 Å². The van der Waals surface area contributed by atoms with Gasteiger partial charge in [-0.2, -0.15) is 0 Å². The lowest BCUT2D eigenvalue weighted by molar-refractivity contribution is 0.0876. The van der Waals surface area contributed by atoms with E-state index in [1.807, 2.05) is 24.3 Å². The van der Waals surface area contributed by atoms with Gasteiger partial charge in [0, 0.05) is 99.4 Å². The van der Waals surface area contributed by atoms with E-state index in [4.69, 9.17) is 27.9 Å². The van der Waals surface area contributed by atoms with Crippen molar-refractivity contribution >= 4 is 56.2 Å². The molecule has 3 unspecified atom stereocenters. The molecule has 3 atom stereocenters.